The van der Waals surface area contributed by atoms with Crippen LogP contribution in [-0.2, 0) is 19.5 Å². The smallest absolute Gasteiger partial charge is 0.348 e. The molecular formula is C22H21N5O5S2. The molecule has 4 rings (SSSR count). The minimum Gasteiger partial charge on any atom is -0.459 e. The second-order valence-electron chi connectivity index (χ2n) is 7.06. The maximum atomic E-state index is 12.6. The van der Waals surface area contributed by atoms with Crippen molar-refractivity contribution in [1.82, 2.24) is 15.0 Å². The largest absolute Gasteiger partial charge is 0.459 e. The third kappa shape index (κ3) is 5.14. The van der Waals surface area contributed by atoms with Gasteiger partial charge in [0.1, 0.15) is 34.3 Å². The number of nitrogens with one attached hydrogen (secondary N) is 2. The molecule has 0 bridgehead atoms. The highest BCUT2D eigenvalue weighted by Gasteiger charge is 2.21. The number of benzene rings is 1. The molecule has 0 aliphatic rings. The average Bonchev–Trinajstić information content (AvgIpc) is 3.17. The van der Waals surface area contributed by atoms with Crippen LogP contribution in [0.5, 0.6) is 0 Å². The fourth-order valence-electron chi connectivity index (χ4n) is 3.12. The second-order valence-corrected chi connectivity index (χ2v) is 9.74. The molecule has 176 valence electrons. The number of sulfonamides is 1. The van der Waals surface area contributed by atoms with E-state index in [2.05, 4.69) is 25.0 Å². The molecule has 3 aromatic heterocycles. The van der Waals surface area contributed by atoms with E-state index >= 15 is 0 Å². The Morgan fingerprint density at radius 3 is 2.56 bits per heavy atom. The van der Waals surface area contributed by atoms with Gasteiger partial charge in [-0.15, -0.1) is 11.3 Å². The molecule has 0 spiro atoms. The zero-order valence-corrected chi connectivity index (χ0v) is 19.9. The lowest BCUT2D eigenvalue weighted by Gasteiger charge is -2.10. The van der Waals surface area contributed by atoms with E-state index in [1.54, 1.807) is 37.3 Å². The third-order valence-corrected chi connectivity index (χ3v) is 7.31. The van der Waals surface area contributed by atoms with Gasteiger partial charge in [-0.25, -0.2) is 28.2 Å². The van der Waals surface area contributed by atoms with Gasteiger partial charge in [0.25, 0.3) is 10.0 Å². The molecule has 1 aromatic carbocycles. The van der Waals surface area contributed by atoms with E-state index in [-0.39, 0.29) is 17.3 Å². The van der Waals surface area contributed by atoms with E-state index in [9.17, 15) is 13.2 Å². The summed E-state index contributed by atoms with van der Waals surface area (Å²) < 4.78 is 37.8. The quantitative estimate of drug-likeness (QED) is 0.261. The van der Waals surface area contributed by atoms with Gasteiger partial charge in [-0.1, -0.05) is 6.07 Å². The van der Waals surface area contributed by atoms with Crippen LogP contribution in [0.25, 0.3) is 10.2 Å². The molecule has 12 heteroatoms. The van der Waals surface area contributed by atoms with Gasteiger partial charge in [0.2, 0.25) is 0 Å². The van der Waals surface area contributed by atoms with E-state index in [0.717, 1.165) is 0 Å². The van der Waals surface area contributed by atoms with E-state index in [1.165, 1.54) is 43.1 Å². The topological polar surface area (TPSA) is 132 Å². The van der Waals surface area contributed by atoms with Gasteiger partial charge in [-0.3, -0.25) is 4.72 Å². The Kier molecular flexibility index (Phi) is 7.01. The number of anilines is 3. The third-order valence-electron chi connectivity index (χ3n) is 4.76. The summed E-state index contributed by atoms with van der Waals surface area (Å²) in [5.74, 6) is 0.285. The fraction of sp³-hybridized carbons (Fsp3) is 0.182. The van der Waals surface area contributed by atoms with Gasteiger partial charge in [-0.2, -0.15) is 0 Å². The summed E-state index contributed by atoms with van der Waals surface area (Å²) in [6, 6.07) is 11.2. The average molecular weight is 500 g/mol. The highest BCUT2D eigenvalue weighted by atomic mass is 32.2. The van der Waals surface area contributed by atoms with E-state index in [0.29, 0.717) is 38.8 Å². The van der Waals surface area contributed by atoms with Crippen LogP contribution in [0.1, 0.15) is 15.2 Å². The number of rotatable bonds is 9. The van der Waals surface area contributed by atoms with Crippen LogP contribution in [0.3, 0.4) is 0 Å². The Morgan fingerprint density at radius 1 is 1.06 bits per heavy atom. The zero-order chi connectivity index (χ0) is 24.1. The minimum atomic E-state index is -3.78. The first-order chi connectivity index (χ1) is 16.4. The van der Waals surface area contributed by atoms with Crippen LogP contribution < -0.4 is 10.0 Å². The summed E-state index contributed by atoms with van der Waals surface area (Å²) in [6.45, 7) is 2.27. The Hall–Kier alpha value is -3.61. The summed E-state index contributed by atoms with van der Waals surface area (Å²) >= 11 is 1.22. The van der Waals surface area contributed by atoms with Gasteiger partial charge >= 0.3 is 5.97 Å². The molecule has 0 fully saturated rings. The molecule has 0 aliphatic carbocycles. The number of methoxy groups -OCH3 is 1. The van der Waals surface area contributed by atoms with Crippen molar-refractivity contribution in [3.63, 3.8) is 0 Å². The van der Waals surface area contributed by atoms with Crippen LogP contribution in [0.2, 0.25) is 0 Å². The van der Waals surface area contributed by atoms with Crippen molar-refractivity contribution in [2.24, 2.45) is 0 Å². The highest BCUT2D eigenvalue weighted by molar-refractivity contribution is 7.92. The van der Waals surface area contributed by atoms with Crippen LogP contribution in [0.4, 0.5) is 17.3 Å². The Bertz CT molecular complexity index is 1410. The van der Waals surface area contributed by atoms with Crippen molar-refractivity contribution in [3.05, 3.63) is 65.4 Å². The number of carbonyl (C=O) groups is 1. The first kappa shape index (κ1) is 23.5. The lowest BCUT2D eigenvalue weighted by molar-refractivity contribution is 0.0393. The summed E-state index contributed by atoms with van der Waals surface area (Å²) in [5, 5.41) is 3.87. The molecule has 4 aromatic rings. The molecule has 10 nitrogen and oxygen atoms in total. The number of hydrogen-bond donors (Lipinski definition) is 2. The summed E-state index contributed by atoms with van der Waals surface area (Å²) in [7, 11) is -2.25. The van der Waals surface area contributed by atoms with E-state index < -0.39 is 16.0 Å². The van der Waals surface area contributed by atoms with Crippen LogP contribution >= 0.6 is 11.3 Å². The van der Waals surface area contributed by atoms with Crippen LogP contribution in [0, 0.1) is 6.92 Å². The molecule has 0 aliphatic heterocycles. The molecule has 34 heavy (non-hydrogen) atoms. The normalized spacial score (nSPS) is 11.4. The standard InChI is InChI=1S/C22H21N5O5S2/c1-14-18-20(24-13-25-21(18)33-19(14)22(28)32-12-11-31-2)26-15-6-8-16(9-7-15)34(29,30)27-17-5-3-4-10-23-17/h3-10,13H,11-12H2,1-2H3,(H,23,27)(H,24,25,26). The predicted molar refractivity (Wildman–Crippen MR) is 129 cm³/mol. The Morgan fingerprint density at radius 2 is 1.85 bits per heavy atom. The molecular weight excluding hydrogens is 478 g/mol. The number of esters is 1. The van der Waals surface area contributed by atoms with E-state index in [1.807, 2.05) is 0 Å². The number of ether oxygens (including phenoxy) is 2. The zero-order valence-electron chi connectivity index (χ0n) is 18.3. The number of nitrogens with zero attached hydrogens (tertiary/aromatic N) is 3. The lowest BCUT2D eigenvalue weighted by atomic mass is 10.2. The number of carbonyl (C=O) groups excluding carboxylic acids is 1. The molecule has 0 amide bonds. The minimum absolute atomic E-state index is 0.0874. The SMILES string of the molecule is COCCOC(=O)c1sc2ncnc(Nc3ccc(S(=O)(=O)Nc4ccccn4)cc3)c2c1C. The summed E-state index contributed by atoms with van der Waals surface area (Å²) in [5.41, 5.74) is 1.32. The van der Waals surface area contributed by atoms with Gasteiger partial charge in [0.15, 0.2) is 0 Å². The summed E-state index contributed by atoms with van der Waals surface area (Å²) in [4.78, 5) is 26.2. The number of aromatic nitrogens is 3. The van der Waals surface area contributed by atoms with Crippen LogP contribution in [0.15, 0.2) is 59.9 Å². The first-order valence-electron chi connectivity index (χ1n) is 10.1. The maximum Gasteiger partial charge on any atom is 0.348 e. The van der Waals surface area contributed by atoms with E-state index in [4.69, 9.17) is 9.47 Å². The highest BCUT2D eigenvalue weighted by Crippen LogP contribution is 2.35. The van der Waals surface area contributed by atoms with Gasteiger partial charge in [0.05, 0.1) is 16.9 Å². The van der Waals surface area contributed by atoms with Gasteiger partial charge in [0, 0.05) is 19.0 Å². The second kappa shape index (κ2) is 10.1. The summed E-state index contributed by atoms with van der Waals surface area (Å²) in [6.07, 6.45) is 2.90. The first-order valence-corrected chi connectivity index (χ1v) is 12.4. The number of aryl methyl sites for hydroxylation is 1. The predicted octanol–water partition coefficient (Wildman–Crippen LogP) is 3.74. The monoisotopic (exact) mass is 499 g/mol. The van der Waals surface area contributed by atoms with Gasteiger partial charge in [-0.05, 0) is 48.9 Å². The number of pyridine rings is 1. The fourth-order valence-corrected chi connectivity index (χ4v) is 5.17. The van der Waals surface area contributed by atoms with Crippen molar-refractivity contribution < 1.29 is 22.7 Å². The molecule has 0 saturated heterocycles. The molecule has 0 unspecified atom stereocenters. The number of hydrogen-bond acceptors (Lipinski definition) is 10. The molecule has 2 N–H and O–H groups in total. The van der Waals surface area contributed by atoms with Crippen LogP contribution in [-0.4, -0.2) is 49.7 Å². The number of fused-ring (bicyclic) bond motifs is 1. The van der Waals surface area contributed by atoms with Crippen molar-refractivity contribution in [2.75, 3.05) is 30.4 Å². The van der Waals surface area contributed by atoms with Crippen molar-refractivity contribution in [2.45, 2.75) is 11.8 Å². The molecule has 0 radical (unpaired) electrons. The van der Waals surface area contributed by atoms with Crippen molar-refractivity contribution in [1.29, 1.82) is 0 Å². The van der Waals surface area contributed by atoms with Crippen molar-refractivity contribution >= 4 is 54.9 Å². The van der Waals surface area contributed by atoms with Gasteiger partial charge < -0.3 is 14.8 Å². The van der Waals surface area contributed by atoms with Crippen molar-refractivity contribution in [3.8, 4) is 0 Å². The Labute approximate surface area is 200 Å². The molecule has 0 atom stereocenters. The lowest BCUT2D eigenvalue weighted by Crippen LogP contribution is -2.13. The molecule has 3 heterocycles. The maximum absolute atomic E-state index is 12.6. The Balaban J connectivity index is 1.55. The number of thiophene rings is 1. The molecule has 0 saturated carbocycles.